The Labute approximate surface area is 241 Å². The van der Waals surface area contributed by atoms with Crippen LogP contribution >= 0.6 is 15.9 Å². The fourth-order valence-electron chi connectivity index (χ4n) is 3.67. The molecular weight excluding hydrogens is 596 g/mol. The zero-order valence-corrected chi connectivity index (χ0v) is 24.2. The topological polar surface area (TPSA) is 110 Å². The van der Waals surface area contributed by atoms with Gasteiger partial charge in [-0.05, 0) is 70.4 Å². The van der Waals surface area contributed by atoms with Crippen LogP contribution in [0.4, 0.5) is 5.69 Å². The van der Waals surface area contributed by atoms with Crippen molar-refractivity contribution in [3.8, 4) is 11.5 Å². The number of hydrogen-bond acceptors (Lipinski definition) is 7. The molecule has 0 unspecified atom stereocenters. The van der Waals surface area contributed by atoms with Crippen molar-refractivity contribution < 1.29 is 22.7 Å². The second kappa shape index (κ2) is 13.2. The Morgan fingerprint density at radius 1 is 1.07 bits per heavy atom. The maximum absolute atomic E-state index is 13.3. The molecule has 11 heteroatoms. The van der Waals surface area contributed by atoms with E-state index in [1.165, 1.54) is 43.4 Å². The number of carbonyl (C=O) groups excluding carboxylic acids is 1. The number of aromatic nitrogens is 1. The number of sulfonamides is 1. The Hall–Kier alpha value is -4.22. The lowest BCUT2D eigenvalue weighted by molar-refractivity contribution is -0.119. The number of nitrogens with zero attached hydrogens (tertiary/aromatic N) is 3. The molecule has 0 aliphatic rings. The smallest absolute Gasteiger partial charge is 0.264 e. The lowest BCUT2D eigenvalue weighted by Gasteiger charge is -2.23. The minimum Gasteiger partial charge on any atom is -0.493 e. The Morgan fingerprint density at radius 2 is 1.82 bits per heavy atom. The van der Waals surface area contributed by atoms with Gasteiger partial charge in [0.15, 0.2) is 11.5 Å². The normalized spacial score (nSPS) is 11.3. The van der Waals surface area contributed by atoms with E-state index in [1.807, 2.05) is 31.2 Å². The summed E-state index contributed by atoms with van der Waals surface area (Å²) in [5.74, 6) is 0.372. The van der Waals surface area contributed by atoms with Crippen LogP contribution in [0.2, 0.25) is 0 Å². The van der Waals surface area contributed by atoms with E-state index in [1.54, 1.807) is 42.5 Å². The molecule has 0 bridgehead atoms. The molecule has 1 N–H and O–H groups in total. The van der Waals surface area contributed by atoms with Crippen molar-refractivity contribution >= 4 is 43.8 Å². The van der Waals surface area contributed by atoms with Crippen LogP contribution < -0.4 is 19.2 Å². The molecule has 3 aromatic carbocycles. The van der Waals surface area contributed by atoms with Gasteiger partial charge in [-0.2, -0.15) is 5.10 Å². The van der Waals surface area contributed by atoms with Gasteiger partial charge >= 0.3 is 0 Å². The van der Waals surface area contributed by atoms with Crippen LogP contribution in [-0.4, -0.2) is 39.2 Å². The van der Waals surface area contributed by atoms with Crippen LogP contribution in [0.15, 0.2) is 106 Å². The number of rotatable bonds is 11. The summed E-state index contributed by atoms with van der Waals surface area (Å²) in [6, 6.07) is 22.6. The van der Waals surface area contributed by atoms with Gasteiger partial charge in [0, 0.05) is 6.20 Å². The molecule has 0 radical (unpaired) electrons. The average Bonchev–Trinajstić information content (AvgIpc) is 2.97. The summed E-state index contributed by atoms with van der Waals surface area (Å²) < 4.78 is 39.7. The van der Waals surface area contributed by atoms with E-state index in [2.05, 4.69) is 31.4 Å². The zero-order chi connectivity index (χ0) is 28.5. The van der Waals surface area contributed by atoms with Crippen molar-refractivity contribution in [3.05, 3.63) is 112 Å². The number of aryl methyl sites for hydroxylation is 1. The minimum atomic E-state index is -4.03. The minimum absolute atomic E-state index is 0.0526. The summed E-state index contributed by atoms with van der Waals surface area (Å²) in [6.45, 7) is 1.88. The molecule has 4 aromatic rings. The van der Waals surface area contributed by atoms with Crippen molar-refractivity contribution in [2.45, 2.75) is 18.4 Å². The van der Waals surface area contributed by atoms with Crippen molar-refractivity contribution in [1.29, 1.82) is 0 Å². The Morgan fingerprint density at radius 3 is 2.50 bits per heavy atom. The largest absolute Gasteiger partial charge is 0.493 e. The van der Waals surface area contributed by atoms with Crippen LogP contribution in [-0.2, 0) is 21.4 Å². The maximum atomic E-state index is 13.3. The predicted octanol–water partition coefficient (Wildman–Crippen LogP) is 5.09. The van der Waals surface area contributed by atoms with Gasteiger partial charge in [-0.1, -0.05) is 48.0 Å². The molecule has 1 heterocycles. The number of ether oxygens (including phenoxy) is 2. The lowest BCUT2D eigenvalue weighted by Crippen LogP contribution is -2.39. The number of amides is 1. The van der Waals surface area contributed by atoms with E-state index in [-0.39, 0.29) is 10.6 Å². The fraction of sp³-hybridized carbons (Fsp3) is 0.138. The summed E-state index contributed by atoms with van der Waals surface area (Å²) in [5.41, 5.74) is 5.45. The highest BCUT2D eigenvalue weighted by Gasteiger charge is 2.27. The van der Waals surface area contributed by atoms with E-state index >= 15 is 0 Å². The van der Waals surface area contributed by atoms with Crippen molar-refractivity contribution in [2.24, 2.45) is 5.10 Å². The highest BCUT2D eigenvalue weighted by molar-refractivity contribution is 9.10. The van der Waals surface area contributed by atoms with Crippen LogP contribution in [0, 0.1) is 6.92 Å². The number of methoxy groups -OCH3 is 1. The first-order valence-corrected chi connectivity index (χ1v) is 14.4. The molecule has 206 valence electrons. The highest BCUT2D eigenvalue weighted by atomic mass is 79.9. The number of halogens is 1. The molecule has 0 spiro atoms. The number of hydrogen-bond donors (Lipinski definition) is 1. The molecule has 1 amide bonds. The van der Waals surface area contributed by atoms with Gasteiger partial charge in [-0.15, -0.1) is 0 Å². The molecule has 9 nitrogen and oxygen atoms in total. The summed E-state index contributed by atoms with van der Waals surface area (Å²) in [6.07, 6.45) is 4.32. The van der Waals surface area contributed by atoms with E-state index in [0.717, 1.165) is 9.87 Å². The average molecular weight is 624 g/mol. The molecule has 4 rings (SSSR count). The third-order valence-electron chi connectivity index (χ3n) is 5.71. The Bertz CT molecular complexity index is 1580. The molecule has 1 aromatic heterocycles. The van der Waals surface area contributed by atoms with Gasteiger partial charge in [-0.25, -0.2) is 13.8 Å². The van der Waals surface area contributed by atoms with Gasteiger partial charge in [-0.3, -0.25) is 14.1 Å². The number of benzene rings is 3. The van der Waals surface area contributed by atoms with Crippen LogP contribution in [0.5, 0.6) is 11.5 Å². The summed E-state index contributed by atoms with van der Waals surface area (Å²) in [7, 11) is -2.50. The molecule has 0 saturated heterocycles. The third kappa shape index (κ3) is 7.25. The Kier molecular flexibility index (Phi) is 9.52. The van der Waals surface area contributed by atoms with E-state index in [4.69, 9.17) is 9.47 Å². The molecule has 0 aliphatic heterocycles. The fourth-order valence-corrected chi connectivity index (χ4v) is 5.68. The number of carbonyl (C=O) groups is 1. The quantitative estimate of drug-likeness (QED) is 0.184. The SMILES string of the molecule is COc1cc(/C=N\NC(=O)CN(c2cccnc2)S(=O)(=O)c2ccccc2)cc(Br)c1OCc1ccc(C)cc1. The summed E-state index contributed by atoms with van der Waals surface area (Å²) in [5, 5.41) is 4.01. The van der Waals surface area contributed by atoms with Crippen molar-refractivity contribution in [3.63, 3.8) is 0 Å². The second-order valence-corrected chi connectivity index (χ2v) is 11.4. The lowest BCUT2D eigenvalue weighted by atomic mass is 10.2. The second-order valence-electron chi connectivity index (χ2n) is 8.64. The molecule has 0 aliphatic carbocycles. The highest BCUT2D eigenvalue weighted by Crippen LogP contribution is 2.37. The van der Waals surface area contributed by atoms with Crippen molar-refractivity contribution in [1.82, 2.24) is 10.4 Å². The van der Waals surface area contributed by atoms with Crippen molar-refractivity contribution in [2.75, 3.05) is 18.0 Å². The maximum Gasteiger partial charge on any atom is 0.264 e. The van der Waals surface area contributed by atoms with Gasteiger partial charge in [0.2, 0.25) is 0 Å². The van der Waals surface area contributed by atoms with E-state index < -0.39 is 22.5 Å². The summed E-state index contributed by atoms with van der Waals surface area (Å²) in [4.78, 5) is 16.8. The monoisotopic (exact) mass is 622 g/mol. The van der Waals surface area contributed by atoms with Gasteiger partial charge in [0.1, 0.15) is 13.2 Å². The van der Waals surface area contributed by atoms with Crippen LogP contribution in [0.25, 0.3) is 0 Å². The molecule has 0 fully saturated rings. The molecular formula is C29H27BrN4O5S. The van der Waals surface area contributed by atoms with Crippen LogP contribution in [0.1, 0.15) is 16.7 Å². The summed E-state index contributed by atoms with van der Waals surface area (Å²) >= 11 is 3.51. The first-order chi connectivity index (χ1) is 19.3. The number of hydrazone groups is 1. The first kappa shape index (κ1) is 28.8. The van der Waals surface area contributed by atoms with E-state index in [0.29, 0.717) is 28.1 Å². The van der Waals surface area contributed by atoms with E-state index in [9.17, 15) is 13.2 Å². The van der Waals surface area contributed by atoms with Gasteiger partial charge in [0.05, 0.1) is 34.6 Å². The Balaban J connectivity index is 1.46. The predicted molar refractivity (Wildman–Crippen MR) is 157 cm³/mol. The molecule has 40 heavy (non-hydrogen) atoms. The van der Waals surface area contributed by atoms with Gasteiger partial charge < -0.3 is 9.47 Å². The number of nitrogens with one attached hydrogen (secondary N) is 1. The zero-order valence-electron chi connectivity index (χ0n) is 21.8. The standard InChI is InChI=1S/C29H27BrN4O5S/c1-21-10-12-22(13-11-21)20-39-29-26(30)15-23(16-27(29)38-2)17-32-33-28(35)19-34(24-7-6-14-31-18-24)40(36,37)25-8-4-3-5-9-25/h3-18H,19-20H2,1-2H3,(H,33,35)/b32-17-. The van der Waals surface area contributed by atoms with Crippen LogP contribution in [0.3, 0.4) is 0 Å². The number of anilines is 1. The number of pyridine rings is 1. The molecule has 0 atom stereocenters. The third-order valence-corrected chi connectivity index (χ3v) is 8.09. The first-order valence-electron chi connectivity index (χ1n) is 12.1. The van der Waals surface area contributed by atoms with Gasteiger partial charge in [0.25, 0.3) is 15.9 Å². The molecule has 0 saturated carbocycles.